The van der Waals surface area contributed by atoms with Gasteiger partial charge in [-0.2, -0.15) is 0 Å². The van der Waals surface area contributed by atoms with Crippen LogP contribution < -0.4 is 15.4 Å². The lowest BCUT2D eigenvalue weighted by molar-refractivity contribution is -0.116. The second kappa shape index (κ2) is 11.4. The number of carbonyl (C=O) groups is 1. The minimum absolute atomic E-state index is 0.164. The maximum Gasteiger partial charge on any atom is 0.226 e. The van der Waals surface area contributed by atoms with Gasteiger partial charge in [0.05, 0.1) is 34.6 Å². The molecule has 7 nitrogen and oxygen atoms in total. The molecule has 2 unspecified atom stereocenters. The Labute approximate surface area is 235 Å². The number of para-hydroxylation sites is 2. The minimum Gasteiger partial charge on any atom is -0.495 e. The van der Waals surface area contributed by atoms with Gasteiger partial charge in [-0.1, -0.05) is 47.5 Å². The summed E-state index contributed by atoms with van der Waals surface area (Å²) in [5.41, 5.74) is 2.11. The number of benzene rings is 2. The SMILES string of the molecule is COc1ccccc1NC(=O)CCN1C(=S)NC(c2ccccn2)C1c1ccc(-c2cccc(Cl)c2Cl)o1. The number of furan rings is 1. The van der Waals surface area contributed by atoms with Crippen molar-refractivity contribution in [2.24, 2.45) is 0 Å². The molecule has 4 aromatic rings. The van der Waals surface area contributed by atoms with Crippen LogP contribution in [0.1, 0.15) is 30.0 Å². The molecule has 194 valence electrons. The van der Waals surface area contributed by atoms with Crippen molar-refractivity contribution in [3.05, 3.63) is 100 Å². The molecule has 38 heavy (non-hydrogen) atoms. The summed E-state index contributed by atoms with van der Waals surface area (Å²) < 4.78 is 11.7. The maximum absolute atomic E-state index is 12.9. The second-order valence-electron chi connectivity index (χ2n) is 8.62. The Morgan fingerprint density at radius 1 is 1.11 bits per heavy atom. The molecule has 1 aliphatic rings. The van der Waals surface area contributed by atoms with E-state index in [-0.39, 0.29) is 24.4 Å². The standard InChI is InChI=1S/C28H24Cl2N4O3S/c1-36-22-11-3-2-9-19(22)32-24(35)14-16-34-27(26(33-28(34)38)20-10-4-5-15-31-20)23-13-12-21(37-23)17-7-6-8-18(29)25(17)30/h2-13,15,26-27H,14,16H2,1H3,(H,32,35)(H,33,38). The summed E-state index contributed by atoms with van der Waals surface area (Å²) >= 11 is 18.4. The monoisotopic (exact) mass is 566 g/mol. The summed E-state index contributed by atoms with van der Waals surface area (Å²) in [5, 5.41) is 7.65. The molecule has 1 amide bonds. The highest BCUT2D eigenvalue weighted by atomic mass is 35.5. The van der Waals surface area contributed by atoms with Crippen LogP contribution in [0, 0.1) is 0 Å². The number of nitrogens with one attached hydrogen (secondary N) is 2. The summed E-state index contributed by atoms with van der Waals surface area (Å²) in [6.07, 6.45) is 1.93. The number of hydrogen-bond donors (Lipinski definition) is 2. The van der Waals surface area contributed by atoms with Crippen LogP contribution in [-0.4, -0.2) is 34.6 Å². The molecule has 0 aliphatic carbocycles. The summed E-state index contributed by atoms with van der Waals surface area (Å²) in [7, 11) is 1.57. The summed E-state index contributed by atoms with van der Waals surface area (Å²) in [5.74, 6) is 1.67. The number of amides is 1. The Balaban J connectivity index is 1.41. The van der Waals surface area contributed by atoms with Crippen molar-refractivity contribution in [2.45, 2.75) is 18.5 Å². The normalized spacial score (nSPS) is 16.8. The fourth-order valence-corrected chi connectivity index (χ4v) is 5.21. The van der Waals surface area contributed by atoms with Gasteiger partial charge >= 0.3 is 0 Å². The van der Waals surface area contributed by atoms with E-state index in [1.807, 2.05) is 59.5 Å². The molecule has 1 aliphatic heterocycles. The van der Waals surface area contributed by atoms with Crippen LogP contribution in [0.5, 0.6) is 5.75 Å². The highest BCUT2D eigenvalue weighted by Gasteiger charge is 2.41. The number of hydrogen-bond acceptors (Lipinski definition) is 5. The predicted molar refractivity (Wildman–Crippen MR) is 153 cm³/mol. The number of thiocarbonyl (C=S) groups is 1. The molecule has 1 saturated heterocycles. The van der Waals surface area contributed by atoms with E-state index in [0.29, 0.717) is 50.2 Å². The van der Waals surface area contributed by atoms with Crippen LogP contribution in [0.4, 0.5) is 5.69 Å². The molecule has 0 saturated carbocycles. The first-order valence-electron chi connectivity index (χ1n) is 11.9. The largest absolute Gasteiger partial charge is 0.495 e. The number of anilines is 1. The zero-order valence-electron chi connectivity index (χ0n) is 20.4. The molecule has 2 aromatic heterocycles. The van der Waals surface area contributed by atoms with E-state index in [0.717, 1.165) is 5.69 Å². The van der Waals surface area contributed by atoms with Crippen LogP contribution >= 0.6 is 35.4 Å². The summed E-state index contributed by atoms with van der Waals surface area (Å²) in [6.45, 7) is 0.356. The second-order valence-corrected chi connectivity index (χ2v) is 9.79. The zero-order valence-corrected chi connectivity index (χ0v) is 22.7. The third-order valence-corrected chi connectivity index (χ3v) is 7.47. The average molecular weight is 567 g/mol. The third kappa shape index (κ3) is 5.34. The first-order valence-corrected chi connectivity index (χ1v) is 13.1. The number of ether oxygens (including phenoxy) is 1. The van der Waals surface area contributed by atoms with Gasteiger partial charge in [0.2, 0.25) is 5.91 Å². The zero-order chi connectivity index (χ0) is 26.6. The third-order valence-electron chi connectivity index (χ3n) is 6.29. The topological polar surface area (TPSA) is 79.6 Å². The van der Waals surface area contributed by atoms with E-state index in [1.165, 1.54) is 0 Å². The van der Waals surface area contributed by atoms with Gasteiger partial charge in [0.25, 0.3) is 0 Å². The molecule has 0 bridgehead atoms. The quantitative estimate of drug-likeness (QED) is 0.231. The van der Waals surface area contributed by atoms with E-state index in [1.54, 1.807) is 31.5 Å². The Morgan fingerprint density at radius 3 is 2.71 bits per heavy atom. The molecule has 0 radical (unpaired) electrons. The van der Waals surface area contributed by atoms with Gasteiger partial charge in [-0.15, -0.1) is 0 Å². The first kappa shape index (κ1) is 26.0. The van der Waals surface area contributed by atoms with Crippen molar-refractivity contribution in [1.82, 2.24) is 15.2 Å². The van der Waals surface area contributed by atoms with Crippen molar-refractivity contribution in [2.75, 3.05) is 19.0 Å². The first-order chi connectivity index (χ1) is 18.5. The molecule has 10 heteroatoms. The van der Waals surface area contributed by atoms with Gasteiger partial charge in [0.1, 0.15) is 23.3 Å². The summed E-state index contributed by atoms with van der Waals surface area (Å²) in [6, 6.07) is 21.5. The number of halogens is 2. The highest BCUT2D eigenvalue weighted by Crippen LogP contribution is 2.42. The Morgan fingerprint density at radius 2 is 1.92 bits per heavy atom. The lowest BCUT2D eigenvalue weighted by Gasteiger charge is -2.26. The molecule has 2 aromatic carbocycles. The number of aromatic nitrogens is 1. The molecule has 5 rings (SSSR count). The molecular formula is C28H24Cl2N4O3S. The van der Waals surface area contributed by atoms with Gasteiger partial charge < -0.3 is 24.7 Å². The number of pyridine rings is 1. The molecule has 2 N–H and O–H groups in total. The Hall–Kier alpha value is -3.59. The number of carbonyl (C=O) groups excluding carboxylic acids is 1. The van der Waals surface area contributed by atoms with Gasteiger partial charge in [-0.25, -0.2) is 0 Å². The molecule has 3 heterocycles. The Bertz CT molecular complexity index is 1460. The van der Waals surface area contributed by atoms with Crippen molar-refractivity contribution in [3.8, 4) is 17.1 Å². The van der Waals surface area contributed by atoms with Crippen molar-refractivity contribution in [3.63, 3.8) is 0 Å². The highest BCUT2D eigenvalue weighted by molar-refractivity contribution is 7.80. The smallest absolute Gasteiger partial charge is 0.226 e. The van der Waals surface area contributed by atoms with Gasteiger partial charge in [0, 0.05) is 24.7 Å². The number of rotatable bonds is 8. The van der Waals surface area contributed by atoms with Gasteiger partial charge in [-0.3, -0.25) is 9.78 Å². The maximum atomic E-state index is 12.9. The lowest BCUT2D eigenvalue weighted by Crippen LogP contribution is -2.32. The van der Waals surface area contributed by atoms with Crippen LogP contribution in [-0.2, 0) is 4.79 Å². The van der Waals surface area contributed by atoms with Crippen LogP contribution in [0.15, 0.2) is 83.4 Å². The van der Waals surface area contributed by atoms with E-state index in [9.17, 15) is 4.79 Å². The van der Waals surface area contributed by atoms with Gasteiger partial charge in [0.15, 0.2) is 5.11 Å². The van der Waals surface area contributed by atoms with E-state index in [4.69, 9.17) is 44.6 Å². The van der Waals surface area contributed by atoms with E-state index >= 15 is 0 Å². The van der Waals surface area contributed by atoms with Crippen LogP contribution in [0.3, 0.4) is 0 Å². The average Bonchev–Trinajstić information content (AvgIpc) is 3.54. The van der Waals surface area contributed by atoms with Crippen molar-refractivity contribution in [1.29, 1.82) is 0 Å². The minimum atomic E-state index is -0.344. The fraction of sp³-hybridized carbons (Fsp3) is 0.179. The molecule has 0 spiro atoms. The molecule has 2 atom stereocenters. The van der Waals surface area contributed by atoms with E-state index < -0.39 is 0 Å². The number of methoxy groups -OCH3 is 1. The number of nitrogens with zero attached hydrogens (tertiary/aromatic N) is 2. The summed E-state index contributed by atoms with van der Waals surface area (Å²) in [4.78, 5) is 19.4. The van der Waals surface area contributed by atoms with Gasteiger partial charge in [-0.05, 0) is 60.7 Å². The lowest BCUT2D eigenvalue weighted by atomic mass is 10.0. The predicted octanol–water partition coefficient (Wildman–Crippen LogP) is 6.66. The fourth-order valence-electron chi connectivity index (χ4n) is 4.49. The van der Waals surface area contributed by atoms with Crippen LogP contribution in [0.25, 0.3) is 11.3 Å². The Kier molecular flexibility index (Phi) is 7.83. The van der Waals surface area contributed by atoms with Crippen molar-refractivity contribution >= 4 is 52.1 Å². The molecule has 1 fully saturated rings. The van der Waals surface area contributed by atoms with E-state index in [2.05, 4.69) is 15.6 Å². The van der Waals surface area contributed by atoms with Crippen LogP contribution in [0.2, 0.25) is 10.0 Å². The molecular weight excluding hydrogens is 543 g/mol. The van der Waals surface area contributed by atoms with Crippen molar-refractivity contribution < 1.29 is 13.9 Å².